The van der Waals surface area contributed by atoms with Crippen molar-refractivity contribution in [2.24, 2.45) is 0 Å². The molecule has 0 saturated heterocycles. The molecule has 124 valence electrons. The van der Waals surface area contributed by atoms with Crippen LogP contribution >= 0.6 is 23.1 Å². The van der Waals surface area contributed by atoms with Crippen LogP contribution in [-0.2, 0) is 9.53 Å². The molecule has 2 aromatic rings. The summed E-state index contributed by atoms with van der Waals surface area (Å²) in [7, 11) is 1.63. The number of carbonyl (C=O) groups excluding carboxylic acids is 1. The van der Waals surface area contributed by atoms with Crippen LogP contribution in [0.5, 0.6) is 0 Å². The first-order chi connectivity index (χ1) is 11.2. The summed E-state index contributed by atoms with van der Waals surface area (Å²) in [4.78, 5) is 13.1. The van der Waals surface area contributed by atoms with Crippen molar-refractivity contribution in [3.63, 3.8) is 0 Å². The molecule has 0 aromatic carbocycles. The van der Waals surface area contributed by atoms with Gasteiger partial charge in [0.25, 0.3) is 0 Å². The minimum Gasteiger partial charge on any atom is -0.383 e. The van der Waals surface area contributed by atoms with Crippen LogP contribution in [0.1, 0.15) is 25.8 Å². The Morgan fingerprint density at radius 1 is 1.57 bits per heavy atom. The van der Waals surface area contributed by atoms with Gasteiger partial charge in [-0.25, -0.2) is 0 Å². The molecule has 1 N–H and O–H groups in total. The van der Waals surface area contributed by atoms with Gasteiger partial charge in [-0.1, -0.05) is 17.8 Å². The molecular weight excluding hydrogens is 332 g/mol. The largest absolute Gasteiger partial charge is 0.383 e. The van der Waals surface area contributed by atoms with Crippen molar-refractivity contribution < 1.29 is 9.53 Å². The van der Waals surface area contributed by atoms with Crippen molar-refractivity contribution in [2.45, 2.75) is 37.0 Å². The van der Waals surface area contributed by atoms with Gasteiger partial charge >= 0.3 is 0 Å². The molecule has 1 aliphatic carbocycles. The van der Waals surface area contributed by atoms with Gasteiger partial charge in [0.15, 0.2) is 11.0 Å². The third-order valence-corrected chi connectivity index (χ3v) is 5.28. The second kappa shape index (κ2) is 7.46. The van der Waals surface area contributed by atoms with Crippen LogP contribution in [0.4, 0.5) is 0 Å². The number of thiophene rings is 1. The van der Waals surface area contributed by atoms with Gasteiger partial charge in [0.1, 0.15) is 0 Å². The van der Waals surface area contributed by atoms with Gasteiger partial charge in [-0.3, -0.25) is 9.36 Å². The summed E-state index contributed by atoms with van der Waals surface area (Å²) in [6.45, 7) is 2.44. The van der Waals surface area contributed by atoms with E-state index < -0.39 is 0 Å². The van der Waals surface area contributed by atoms with E-state index in [2.05, 4.69) is 26.1 Å². The van der Waals surface area contributed by atoms with Crippen molar-refractivity contribution in [3.05, 3.63) is 17.5 Å². The Kier molecular flexibility index (Phi) is 5.34. The Bertz CT molecular complexity index is 652. The lowest BCUT2D eigenvalue weighted by molar-refractivity contribution is -0.119. The second-order valence-electron chi connectivity index (χ2n) is 5.60. The zero-order chi connectivity index (χ0) is 16.2. The predicted molar refractivity (Wildman–Crippen MR) is 91.8 cm³/mol. The normalized spacial score (nSPS) is 15.6. The molecule has 23 heavy (non-hydrogen) atoms. The molecule has 1 fully saturated rings. The Morgan fingerprint density at radius 3 is 3.04 bits per heavy atom. The zero-order valence-electron chi connectivity index (χ0n) is 13.2. The molecule has 0 unspecified atom stereocenters. The Hall–Kier alpha value is -1.38. The number of carbonyl (C=O) groups is 1. The highest BCUT2D eigenvalue weighted by atomic mass is 32.2. The van der Waals surface area contributed by atoms with Crippen molar-refractivity contribution in [3.8, 4) is 10.7 Å². The monoisotopic (exact) mass is 352 g/mol. The third-order valence-electron chi connectivity index (χ3n) is 3.47. The first-order valence-corrected chi connectivity index (χ1v) is 9.45. The summed E-state index contributed by atoms with van der Waals surface area (Å²) in [6, 6.07) is 4.56. The number of aromatic nitrogens is 3. The minimum absolute atomic E-state index is 0.0103. The van der Waals surface area contributed by atoms with E-state index in [0.717, 1.165) is 28.7 Å². The molecule has 3 rings (SSSR count). The molecule has 8 heteroatoms. The first-order valence-electron chi connectivity index (χ1n) is 7.59. The molecule has 1 saturated carbocycles. The molecule has 6 nitrogen and oxygen atoms in total. The molecule has 0 spiro atoms. The number of nitrogens with one attached hydrogen (secondary N) is 1. The van der Waals surface area contributed by atoms with Crippen molar-refractivity contribution >= 4 is 29.0 Å². The van der Waals surface area contributed by atoms with E-state index in [4.69, 9.17) is 4.74 Å². The molecular formula is C15H20N4O2S2. The quantitative estimate of drug-likeness (QED) is 0.740. The highest BCUT2D eigenvalue weighted by molar-refractivity contribution is 7.99. The summed E-state index contributed by atoms with van der Waals surface area (Å²) in [5.74, 6) is 1.24. The van der Waals surface area contributed by atoms with Crippen LogP contribution in [-0.4, -0.2) is 46.2 Å². The molecule has 1 aliphatic rings. The lowest BCUT2D eigenvalue weighted by Crippen LogP contribution is -2.36. The smallest absolute Gasteiger partial charge is 0.230 e. The van der Waals surface area contributed by atoms with Crippen LogP contribution in [0.3, 0.4) is 0 Å². The number of hydrogen-bond donors (Lipinski definition) is 1. The molecule has 0 aliphatic heterocycles. The standard InChI is InChI=1S/C15H20N4O2S2/c1-10(8-21-2)16-13(20)9-23-15-18-17-14(12-4-3-7-22-12)19(15)11-5-6-11/h3-4,7,10-11H,5-6,8-9H2,1-2H3,(H,16,20)/t10-/m1/s1. The number of hydrogen-bond acceptors (Lipinski definition) is 6. The first kappa shape index (κ1) is 16.5. The van der Waals surface area contributed by atoms with Gasteiger partial charge in [0.05, 0.1) is 17.2 Å². The number of amides is 1. The highest BCUT2D eigenvalue weighted by Crippen LogP contribution is 2.41. The fraction of sp³-hybridized carbons (Fsp3) is 0.533. The molecule has 1 amide bonds. The molecule has 0 bridgehead atoms. The number of ether oxygens (including phenoxy) is 1. The lowest BCUT2D eigenvalue weighted by atomic mass is 10.3. The van der Waals surface area contributed by atoms with Crippen LogP contribution in [0.25, 0.3) is 10.7 Å². The Morgan fingerprint density at radius 2 is 2.39 bits per heavy atom. The maximum atomic E-state index is 12.0. The van der Waals surface area contributed by atoms with Crippen LogP contribution < -0.4 is 5.32 Å². The van der Waals surface area contributed by atoms with E-state index in [1.165, 1.54) is 11.8 Å². The van der Waals surface area contributed by atoms with E-state index in [0.29, 0.717) is 18.4 Å². The second-order valence-corrected chi connectivity index (χ2v) is 7.49. The van der Waals surface area contributed by atoms with Crippen molar-refractivity contribution in [1.82, 2.24) is 20.1 Å². The summed E-state index contributed by atoms with van der Waals surface area (Å²) in [5.41, 5.74) is 0. The molecule has 0 radical (unpaired) electrons. The van der Waals surface area contributed by atoms with Gasteiger partial charge in [0, 0.05) is 19.2 Å². The number of methoxy groups -OCH3 is 1. The van der Waals surface area contributed by atoms with Crippen LogP contribution in [0, 0.1) is 0 Å². The van der Waals surface area contributed by atoms with Crippen LogP contribution in [0.15, 0.2) is 22.7 Å². The average Bonchev–Trinajstić information content (AvgIpc) is 3.05. The third kappa shape index (κ3) is 4.13. The predicted octanol–water partition coefficient (Wildman–Crippen LogP) is 2.58. The SMILES string of the molecule is COC[C@@H](C)NC(=O)CSc1nnc(-c2cccs2)n1C1CC1. The fourth-order valence-electron chi connectivity index (χ4n) is 2.35. The van der Waals surface area contributed by atoms with E-state index in [1.807, 2.05) is 18.4 Å². The van der Waals surface area contributed by atoms with E-state index >= 15 is 0 Å². The van der Waals surface area contributed by atoms with Gasteiger partial charge in [-0.05, 0) is 31.2 Å². The molecule has 1 atom stereocenters. The highest BCUT2D eigenvalue weighted by Gasteiger charge is 2.30. The maximum absolute atomic E-state index is 12.0. The fourth-order valence-corrected chi connectivity index (χ4v) is 3.87. The summed E-state index contributed by atoms with van der Waals surface area (Å²) in [6.07, 6.45) is 2.31. The number of rotatable bonds is 8. The van der Waals surface area contributed by atoms with Crippen molar-refractivity contribution in [1.29, 1.82) is 0 Å². The van der Waals surface area contributed by atoms with Gasteiger partial charge in [0.2, 0.25) is 5.91 Å². The van der Waals surface area contributed by atoms with E-state index in [1.54, 1.807) is 18.4 Å². The van der Waals surface area contributed by atoms with Crippen molar-refractivity contribution in [2.75, 3.05) is 19.5 Å². The van der Waals surface area contributed by atoms with Gasteiger partial charge < -0.3 is 10.1 Å². The minimum atomic E-state index is -0.0115. The topological polar surface area (TPSA) is 69.0 Å². The average molecular weight is 352 g/mol. The summed E-state index contributed by atoms with van der Waals surface area (Å²) >= 11 is 3.10. The number of nitrogens with zero attached hydrogens (tertiary/aromatic N) is 3. The summed E-state index contributed by atoms with van der Waals surface area (Å²) < 4.78 is 7.21. The van der Waals surface area contributed by atoms with Gasteiger partial charge in [-0.2, -0.15) is 0 Å². The molecule has 2 aromatic heterocycles. The molecule has 2 heterocycles. The summed E-state index contributed by atoms with van der Waals surface area (Å²) in [5, 5.41) is 14.4. The van der Waals surface area contributed by atoms with Crippen LogP contribution in [0.2, 0.25) is 0 Å². The Balaban J connectivity index is 1.65. The maximum Gasteiger partial charge on any atom is 0.230 e. The van der Waals surface area contributed by atoms with E-state index in [-0.39, 0.29) is 11.9 Å². The van der Waals surface area contributed by atoms with Gasteiger partial charge in [-0.15, -0.1) is 21.5 Å². The Labute approximate surface area is 143 Å². The number of thioether (sulfide) groups is 1. The van der Waals surface area contributed by atoms with E-state index in [9.17, 15) is 4.79 Å². The lowest BCUT2D eigenvalue weighted by Gasteiger charge is -2.12. The zero-order valence-corrected chi connectivity index (χ0v) is 14.8.